The zero-order valence-electron chi connectivity index (χ0n) is 29.1. The summed E-state index contributed by atoms with van der Waals surface area (Å²) in [6.07, 6.45) is 8.40. The maximum Gasteiger partial charge on any atom is -0.00213 e. The molecule has 0 aromatic heterocycles. The van der Waals surface area contributed by atoms with E-state index in [1.165, 1.54) is 88.0 Å². The predicted molar refractivity (Wildman–Crippen MR) is 215 cm³/mol. The molecule has 0 nitrogen and oxygen atoms in total. The van der Waals surface area contributed by atoms with Gasteiger partial charge in [-0.1, -0.05) is 170 Å². The van der Waals surface area contributed by atoms with Crippen molar-refractivity contribution in [3.8, 4) is 0 Å². The molecular weight excluding hydrogens is 613 g/mol. The van der Waals surface area contributed by atoms with Crippen LogP contribution in [0.15, 0.2) is 170 Å². The van der Waals surface area contributed by atoms with Crippen LogP contribution in [0.5, 0.6) is 0 Å². The molecule has 4 fully saturated rings. The number of fused-ring (bicyclic) bond motifs is 5. The first-order chi connectivity index (χ1) is 25.0. The highest BCUT2D eigenvalue weighted by Gasteiger charge is 2.66. The summed E-state index contributed by atoms with van der Waals surface area (Å²) >= 11 is 0. The number of rotatable bonds is 4. The molecule has 246 valence electrons. The van der Waals surface area contributed by atoms with Crippen molar-refractivity contribution >= 4 is 43.1 Å². The molecule has 0 unspecified atom stereocenters. The predicted octanol–water partition coefficient (Wildman–Crippen LogP) is 13.1. The molecule has 0 aliphatic heterocycles. The van der Waals surface area contributed by atoms with E-state index in [1.54, 1.807) is 22.3 Å². The van der Waals surface area contributed by atoms with Crippen LogP contribution < -0.4 is 0 Å². The van der Waals surface area contributed by atoms with E-state index >= 15 is 0 Å². The third kappa shape index (κ3) is 4.45. The van der Waals surface area contributed by atoms with Crippen molar-refractivity contribution in [2.24, 2.45) is 0 Å². The van der Waals surface area contributed by atoms with Crippen LogP contribution in [0.25, 0.3) is 43.1 Å². The van der Waals surface area contributed by atoms with Crippen molar-refractivity contribution in [1.29, 1.82) is 0 Å². The first-order valence-corrected chi connectivity index (χ1v) is 19.0. The summed E-state index contributed by atoms with van der Waals surface area (Å²) in [4.78, 5) is 0. The lowest BCUT2D eigenvalue weighted by atomic mass is 9.41. The quantitative estimate of drug-likeness (QED) is 0.177. The van der Waals surface area contributed by atoms with Crippen molar-refractivity contribution in [1.82, 2.24) is 0 Å². The summed E-state index contributed by atoms with van der Waals surface area (Å²) in [5.41, 5.74) is 6.37. The minimum atomic E-state index is 0.0277. The Hall–Kier alpha value is -5.20. The van der Waals surface area contributed by atoms with Gasteiger partial charge in [-0.25, -0.2) is 0 Å². The number of hydrogen-bond donors (Lipinski definition) is 0. The lowest BCUT2D eigenvalue weighted by Gasteiger charge is -2.62. The first-order valence-electron chi connectivity index (χ1n) is 19.0. The van der Waals surface area contributed by atoms with Crippen LogP contribution in [0.4, 0.5) is 0 Å². The second-order valence-electron chi connectivity index (χ2n) is 16.8. The second-order valence-corrected chi connectivity index (χ2v) is 16.8. The minimum Gasteiger partial charge on any atom is -0.0616 e. The topological polar surface area (TPSA) is 0 Å². The van der Waals surface area contributed by atoms with Crippen LogP contribution in [0.3, 0.4) is 0 Å². The van der Waals surface area contributed by atoms with E-state index < -0.39 is 0 Å². The van der Waals surface area contributed by atoms with Crippen molar-refractivity contribution < 1.29 is 0 Å². The molecule has 0 heteroatoms. The van der Waals surface area contributed by atoms with Crippen LogP contribution in [0, 0.1) is 0 Å². The normalized spacial score (nSPS) is 27.0. The lowest BCUT2D eigenvalue weighted by Crippen LogP contribution is -2.57. The highest BCUT2D eigenvalue weighted by Crippen LogP contribution is 2.72. The Kier molecular flexibility index (Phi) is 6.17. The Morgan fingerprint density at radius 1 is 0.235 bits per heavy atom. The Morgan fingerprint density at radius 2 is 0.471 bits per heavy atom. The van der Waals surface area contributed by atoms with Gasteiger partial charge in [0.25, 0.3) is 0 Å². The van der Waals surface area contributed by atoms with Crippen molar-refractivity contribution in [2.75, 3.05) is 0 Å². The van der Waals surface area contributed by atoms with Gasteiger partial charge < -0.3 is 0 Å². The molecule has 51 heavy (non-hydrogen) atoms. The Balaban J connectivity index is 1.21. The molecular formula is C51H42. The molecule has 4 aliphatic carbocycles. The third-order valence-corrected chi connectivity index (χ3v) is 13.9. The summed E-state index contributed by atoms with van der Waals surface area (Å²) in [5, 5.41) is 10.8. The summed E-state index contributed by atoms with van der Waals surface area (Å²) < 4.78 is 0. The standard InChI is InChI=1S/C51H42/c1-5-13-40-27-44(21-17-36(40)9-1)48-25-26-49(45-22-18-37-10-2-6-14-41(37)28-45)33-50(31-48,46-23-19-38-11-3-7-15-42(38)29-46)35-51(32-48,34-49)47-24-20-39-12-4-8-16-43(39)30-47/h1-24,27-30H,25-26,31-35H2. The molecule has 4 saturated carbocycles. The molecule has 0 spiro atoms. The van der Waals surface area contributed by atoms with Gasteiger partial charge in [-0.05, 0) is 132 Å². The van der Waals surface area contributed by atoms with Crippen LogP contribution >= 0.6 is 0 Å². The third-order valence-electron chi connectivity index (χ3n) is 13.9. The van der Waals surface area contributed by atoms with Crippen molar-refractivity contribution in [3.63, 3.8) is 0 Å². The minimum absolute atomic E-state index is 0.0277. The average molecular weight is 655 g/mol. The van der Waals surface area contributed by atoms with Crippen LogP contribution in [-0.2, 0) is 21.7 Å². The molecule has 0 radical (unpaired) electrons. The number of hydrogen-bond acceptors (Lipinski definition) is 0. The first kappa shape index (κ1) is 29.5. The van der Waals surface area contributed by atoms with E-state index in [1.807, 2.05) is 0 Å². The molecule has 0 N–H and O–H groups in total. The highest BCUT2D eigenvalue weighted by molar-refractivity contribution is 5.86. The van der Waals surface area contributed by atoms with Gasteiger partial charge in [0.1, 0.15) is 0 Å². The second kappa shape index (κ2) is 10.7. The highest BCUT2D eigenvalue weighted by atomic mass is 14.7. The fourth-order valence-corrected chi connectivity index (χ4v) is 12.0. The van der Waals surface area contributed by atoms with E-state index in [2.05, 4.69) is 170 Å². The summed E-state index contributed by atoms with van der Waals surface area (Å²) in [6, 6.07) is 65.9. The van der Waals surface area contributed by atoms with Crippen LogP contribution in [0.2, 0.25) is 0 Å². The van der Waals surface area contributed by atoms with Gasteiger partial charge >= 0.3 is 0 Å². The van der Waals surface area contributed by atoms with E-state index in [0.717, 1.165) is 0 Å². The van der Waals surface area contributed by atoms with Gasteiger partial charge in [0.15, 0.2) is 0 Å². The largest absolute Gasteiger partial charge is 0.0616 e. The van der Waals surface area contributed by atoms with E-state index in [9.17, 15) is 0 Å². The van der Waals surface area contributed by atoms with Gasteiger partial charge in [0.05, 0.1) is 0 Å². The fourth-order valence-electron chi connectivity index (χ4n) is 12.0. The zero-order chi connectivity index (χ0) is 33.7. The molecule has 8 aromatic rings. The SMILES string of the molecule is c1ccc2cc(C34CCC5(c6ccc7ccccc7c6)CC(c6ccc7ccccc7c6)(C3)CC(c3ccc6ccccc6c3)(C4)C5)ccc2c1. The lowest BCUT2D eigenvalue weighted by molar-refractivity contribution is 0.0376. The van der Waals surface area contributed by atoms with E-state index in [-0.39, 0.29) is 21.7 Å². The van der Waals surface area contributed by atoms with E-state index in [0.29, 0.717) is 0 Å². The molecule has 0 saturated heterocycles. The van der Waals surface area contributed by atoms with Crippen LogP contribution in [0.1, 0.15) is 67.2 Å². The monoisotopic (exact) mass is 654 g/mol. The Bertz CT molecular complexity index is 2460. The van der Waals surface area contributed by atoms with Gasteiger partial charge in [-0.15, -0.1) is 0 Å². The molecule has 4 bridgehead atoms. The molecule has 12 rings (SSSR count). The number of benzene rings is 8. The van der Waals surface area contributed by atoms with Crippen LogP contribution in [-0.4, -0.2) is 0 Å². The van der Waals surface area contributed by atoms with Gasteiger partial charge in [-0.3, -0.25) is 0 Å². The molecule has 0 heterocycles. The van der Waals surface area contributed by atoms with Gasteiger partial charge in [0.2, 0.25) is 0 Å². The van der Waals surface area contributed by atoms with Gasteiger partial charge in [0, 0.05) is 0 Å². The molecule has 4 aliphatic rings. The van der Waals surface area contributed by atoms with Crippen molar-refractivity contribution in [2.45, 2.75) is 66.6 Å². The van der Waals surface area contributed by atoms with Crippen molar-refractivity contribution in [3.05, 3.63) is 192 Å². The summed E-state index contributed by atoms with van der Waals surface area (Å²) in [6.45, 7) is 0. The summed E-state index contributed by atoms with van der Waals surface area (Å²) in [5.74, 6) is 0. The zero-order valence-corrected chi connectivity index (χ0v) is 29.1. The Morgan fingerprint density at radius 3 is 0.765 bits per heavy atom. The van der Waals surface area contributed by atoms with E-state index in [4.69, 9.17) is 0 Å². The molecule has 0 amide bonds. The average Bonchev–Trinajstić information content (AvgIpc) is 3.37. The maximum atomic E-state index is 2.58. The molecule has 8 aromatic carbocycles. The maximum absolute atomic E-state index is 2.58. The Labute approximate surface area is 300 Å². The summed E-state index contributed by atoms with van der Waals surface area (Å²) in [7, 11) is 0. The van der Waals surface area contributed by atoms with Gasteiger partial charge in [-0.2, -0.15) is 0 Å². The molecule has 0 atom stereocenters. The smallest absolute Gasteiger partial charge is 0.00213 e. The fraction of sp³-hybridized carbons (Fsp3) is 0.216.